The Morgan fingerprint density at radius 1 is 1.38 bits per heavy atom. The molecule has 1 amide bonds. The van der Waals surface area contributed by atoms with Gasteiger partial charge in [0, 0.05) is 30.3 Å². The maximum absolute atomic E-state index is 12.5. The Morgan fingerprint density at radius 2 is 2.10 bits per heavy atom. The van der Waals surface area contributed by atoms with Crippen LogP contribution in [0.15, 0.2) is 24.3 Å². The first kappa shape index (κ1) is 15.6. The lowest BCUT2D eigenvalue weighted by Crippen LogP contribution is -2.47. The zero-order valence-electron chi connectivity index (χ0n) is 12.8. The molecule has 1 aromatic rings. The molecule has 0 aliphatic carbocycles. The number of nitrogens with zero attached hydrogens (tertiary/aromatic N) is 2. The van der Waals surface area contributed by atoms with Crippen molar-refractivity contribution in [2.45, 2.75) is 18.9 Å². The quantitative estimate of drug-likeness (QED) is 0.830. The molecule has 1 fully saturated rings. The van der Waals surface area contributed by atoms with E-state index in [0.29, 0.717) is 12.6 Å². The van der Waals surface area contributed by atoms with E-state index in [1.54, 1.807) is 0 Å². The predicted octanol–water partition coefficient (Wildman–Crippen LogP) is 1.16. The summed E-state index contributed by atoms with van der Waals surface area (Å²) in [5, 5.41) is 0. The van der Waals surface area contributed by atoms with Gasteiger partial charge in [-0.1, -0.05) is 11.8 Å². The number of hydrogen-bond donors (Lipinski definition) is 1. The molecule has 0 radical (unpaired) electrons. The fourth-order valence-electron chi connectivity index (χ4n) is 2.59. The zero-order chi connectivity index (χ0) is 15.2. The minimum atomic E-state index is 0.111. The molecule has 112 valence electrons. The predicted molar refractivity (Wildman–Crippen MR) is 85.0 cm³/mol. The average molecular weight is 285 g/mol. The second-order valence-electron chi connectivity index (χ2n) is 5.59. The standard InChI is InChI=1S/C17H23N3O/c1-19(2)16-6-4-12-20(13-16)17(21)15-9-7-14(8-10-15)5-3-11-18/h7-10,16H,4,6,11-13,18H2,1-2H3. The van der Waals surface area contributed by atoms with E-state index in [1.807, 2.05) is 29.2 Å². The van der Waals surface area contributed by atoms with Gasteiger partial charge in [0.2, 0.25) is 0 Å². The topological polar surface area (TPSA) is 49.6 Å². The smallest absolute Gasteiger partial charge is 0.253 e. The van der Waals surface area contributed by atoms with Crippen LogP contribution in [0.25, 0.3) is 0 Å². The summed E-state index contributed by atoms with van der Waals surface area (Å²) in [5.41, 5.74) is 6.97. The van der Waals surface area contributed by atoms with E-state index in [9.17, 15) is 4.79 Å². The minimum Gasteiger partial charge on any atom is -0.337 e. The van der Waals surface area contributed by atoms with Crippen LogP contribution in [0.5, 0.6) is 0 Å². The number of nitrogens with two attached hydrogens (primary N) is 1. The van der Waals surface area contributed by atoms with Crippen LogP contribution in [0.2, 0.25) is 0 Å². The Hall–Kier alpha value is -1.83. The van der Waals surface area contributed by atoms with E-state index in [4.69, 9.17) is 5.73 Å². The molecular weight excluding hydrogens is 262 g/mol. The van der Waals surface area contributed by atoms with E-state index < -0.39 is 0 Å². The Balaban J connectivity index is 2.05. The number of piperidine rings is 1. The fraction of sp³-hybridized carbons (Fsp3) is 0.471. The molecule has 4 nitrogen and oxygen atoms in total. The van der Waals surface area contributed by atoms with Gasteiger partial charge in [0.05, 0.1) is 6.54 Å². The van der Waals surface area contributed by atoms with Crippen molar-refractivity contribution in [1.82, 2.24) is 9.80 Å². The van der Waals surface area contributed by atoms with E-state index in [-0.39, 0.29) is 5.91 Å². The molecule has 2 N–H and O–H groups in total. The van der Waals surface area contributed by atoms with Crippen molar-refractivity contribution in [3.63, 3.8) is 0 Å². The summed E-state index contributed by atoms with van der Waals surface area (Å²) >= 11 is 0. The molecule has 0 aromatic heterocycles. The molecule has 1 atom stereocenters. The van der Waals surface area contributed by atoms with E-state index in [1.165, 1.54) is 0 Å². The molecular formula is C17H23N3O. The van der Waals surface area contributed by atoms with Gasteiger partial charge in [0.1, 0.15) is 0 Å². The summed E-state index contributed by atoms with van der Waals surface area (Å²) < 4.78 is 0. The molecule has 1 heterocycles. The lowest BCUT2D eigenvalue weighted by Gasteiger charge is -2.36. The van der Waals surface area contributed by atoms with Gasteiger partial charge in [-0.2, -0.15) is 0 Å². The number of hydrogen-bond acceptors (Lipinski definition) is 3. The van der Waals surface area contributed by atoms with Crippen molar-refractivity contribution < 1.29 is 4.79 Å². The molecule has 0 bridgehead atoms. The van der Waals surface area contributed by atoms with Crippen molar-refractivity contribution in [2.75, 3.05) is 33.7 Å². The first-order valence-corrected chi connectivity index (χ1v) is 7.36. The van der Waals surface area contributed by atoms with Crippen LogP contribution in [0.3, 0.4) is 0 Å². The number of benzene rings is 1. The van der Waals surface area contributed by atoms with Crippen LogP contribution in [-0.4, -0.2) is 55.5 Å². The van der Waals surface area contributed by atoms with Gasteiger partial charge in [-0.05, 0) is 51.2 Å². The van der Waals surface area contributed by atoms with Crippen LogP contribution in [0, 0.1) is 11.8 Å². The second-order valence-corrected chi connectivity index (χ2v) is 5.59. The van der Waals surface area contributed by atoms with Gasteiger partial charge in [-0.25, -0.2) is 0 Å². The van der Waals surface area contributed by atoms with Crippen molar-refractivity contribution in [3.8, 4) is 11.8 Å². The first-order valence-electron chi connectivity index (χ1n) is 7.36. The maximum Gasteiger partial charge on any atom is 0.253 e. The molecule has 2 rings (SSSR count). The van der Waals surface area contributed by atoms with Crippen LogP contribution in [0.4, 0.5) is 0 Å². The third-order valence-corrected chi connectivity index (χ3v) is 3.88. The van der Waals surface area contributed by atoms with Gasteiger partial charge in [0.15, 0.2) is 0 Å². The third kappa shape index (κ3) is 4.07. The van der Waals surface area contributed by atoms with Crippen molar-refractivity contribution in [1.29, 1.82) is 0 Å². The van der Waals surface area contributed by atoms with Gasteiger partial charge < -0.3 is 15.5 Å². The average Bonchev–Trinajstić information content (AvgIpc) is 2.53. The number of carbonyl (C=O) groups excluding carboxylic acids is 1. The molecule has 1 unspecified atom stereocenters. The van der Waals surface area contributed by atoms with Crippen molar-refractivity contribution in [2.24, 2.45) is 5.73 Å². The number of rotatable bonds is 2. The normalized spacial score (nSPS) is 18.3. The van der Waals surface area contributed by atoms with Crippen LogP contribution < -0.4 is 5.73 Å². The highest BCUT2D eigenvalue weighted by Crippen LogP contribution is 2.16. The number of carbonyl (C=O) groups is 1. The van der Waals surface area contributed by atoms with Crippen LogP contribution in [0.1, 0.15) is 28.8 Å². The summed E-state index contributed by atoms with van der Waals surface area (Å²) in [6, 6.07) is 7.91. The molecule has 0 spiro atoms. The Morgan fingerprint density at radius 3 is 2.71 bits per heavy atom. The van der Waals surface area contributed by atoms with Gasteiger partial charge in [-0.15, -0.1) is 0 Å². The molecule has 1 aromatic carbocycles. The summed E-state index contributed by atoms with van der Waals surface area (Å²) in [4.78, 5) is 16.7. The van der Waals surface area contributed by atoms with Crippen LogP contribution in [-0.2, 0) is 0 Å². The van der Waals surface area contributed by atoms with Gasteiger partial charge in [-0.3, -0.25) is 4.79 Å². The number of likely N-dealkylation sites (tertiary alicyclic amines) is 1. The summed E-state index contributed by atoms with van der Waals surface area (Å²) in [5.74, 6) is 5.89. The highest BCUT2D eigenvalue weighted by Gasteiger charge is 2.25. The molecule has 4 heteroatoms. The highest BCUT2D eigenvalue weighted by molar-refractivity contribution is 5.94. The molecule has 1 aliphatic heterocycles. The third-order valence-electron chi connectivity index (χ3n) is 3.88. The SMILES string of the molecule is CN(C)C1CCCN(C(=O)c2ccc(C#CCN)cc2)C1. The van der Waals surface area contributed by atoms with Crippen molar-refractivity contribution >= 4 is 5.91 Å². The molecule has 21 heavy (non-hydrogen) atoms. The highest BCUT2D eigenvalue weighted by atomic mass is 16.2. The molecule has 0 saturated carbocycles. The maximum atomic E-state index is 12.5. The van der Waals surface area contributed by atoms with Crippen molar-refractivity contribution in [3.05, 3.63) is 35.4 Å². The molecule has 1 saturated heterocycles. The Bertz CT molecular complexity index is 539. The monoisotopic (exact) mass is 285 g/mol. The van der Waals surface area contributed by atoms with Gasteiger partial charge >= 0.3 is 0 Å². The fourth-order valence-corrected chi connectivity index (χ4v) is 2.59. The second kappa shape index (κ2) is 7.26. The van der Waals surface area contributed by atoms with Crippen LogP contribution >= 0.6 is 0 Å². The summed E-state index contributed by atoms with van der Waals surface area (Å²) in [7, 11) is 4.15. The largest absolute Gasteiger partial charge is 0.337 e. The summed E-state index contributed by atoms with van der Waals surface area (Å²) in [6.45, 7) is 2.00. The zero-order valence-corrected chi connectivity index (χ0v) is 12.8. The minimum absolute atomic E-state index is 0.111. The number of likely N-dealkylation sites (N-methyl/N-ethyl adjacent to an activating group) is 1. The lowest BCUT2D eigenvalue weighted by molar-refractivity contribution is 0.0635. The van der Waals surface area contributed by atoms with E-state index in [0.717, 1.165) is 37.1 Å². The summed E-state index contributed by atoms with van der Waals surface area (Å²) in [6.07, 6.45) is 2.22. The van der Waals surface area contributed by atoms with E-state index in [2.05, 4.69) is 30.8 Å². The Kier molecular flexibility index (Phi) is 5.38. The first-order chi connectivity index (χ1) is 10.1. The Labute approximate surface area is 126 Å². The lowest BCUT2D eigenvalue weighted by atomic mass is 10.0. The van der Waals surface area contributed by atoms with E-state index >= 15 is 0 Å². The number of amides is 1. The molecule has 1 aliphatic rings. The van der Waals surface area contributed by atoms with Gasteiger partial charge in [0.25, 0.3) is 5.91 Å².